The molecular weight excluding hydrogens is 414 g/mol. The number of benzene rings is 3. The molecule has 1 atom stereocenters. The van der Waals surface area contributed by atoms with E-state index in [0.29, 0.717) is 11.6 Å². The number of rotatable bonds is 4. The van der Waals surface area contributed by atoms with Gasteiger partial charge in [0.05, 0.1) is 16.1 Å². The monoisotopic (exact) mass is 435 g/mol. The minimum atomic E-state index is -3.99. The van der Waals surface area contributed by atoms with Gasteiger partial charge in [0, 0.05) is 28.1 Å². The molecule has 0 spiro atoms. The fourth-order valence-corrected chi connectivity index (χ4v) is 5.47. The number of aryl methyl sites for hydroxylation is 1. The van der Waals surface area contributed by atoms with E-state index in [0.717, 1.165) is 58.4 Å². The lowest BCUT2D eigenvalue weighted by Gasteiger charge is -2.17. The van der Waals surface area contributed by atoms with Gasteiger partial charge in [-0.3, -0.25) is 4.72 Å². The van der Waals surface area contributed by atoms with Gasteiger partial charge in [-0.25, -0.2) is 13.2 Å². The van der Waals surface area contributed by atoms with Gasteiger partial charge < -0.3 is 9.52 Å². The van der Waals surface area contributed by atoms with Crippen molar-refractivity contribution in [2.45, 2.75) is 31.1 Å². The third-order valence-electron chi connectivity index (χ3n) is 5.93. The fourth-order valence-electron chi connectivity index (χ4n) is 4.36. The van der Waals surface area contributed by atoms with Gasteiger partial charge in [-0.1, -0.05) is 37.3 Å². The number of aromatic carboxylic acids is 1. The molecule has 0 fully saturated rings. The number of carboxylic acids is 1. The Balaban J connectivity index is 1.68. The number of carboxylic acid groups (broad SMARTS) is 1. The highest BCUT2D eigenvalue weighted by molar-refractivity contribution is 7.92. The largest absolute Gasteiger partial charge is 0.478 e. The van der Waals surface area contributed by atoms with Gasteiger partial charge in [-0.2, -0.15) is 0 Å². The van der Waals surface area contributed by atoms with Crippen molar-refractivity contribution in [3.05, 3.63) is 71.5 Å². The first-order valence-electron chi connectivity index (χ1n) is 10.2. The Morgan fingerprint density at radius 3 is 2.61 bits per heavy atom. The summed E-state index contributed by atoms with van der Waals surface area (Å²) in [6.07, 6.45) is 2.85. The van der Waals surface area contributed by atoms with E-state index in [2.05, 4.69) is 11.6 Å². The summed E-state index contributed by atoms with van der Waals surface area (Å²) in [5.41, 5.74) is 2.30. The number of fused-ring (bicyclic) bond motifs is 5. The van der Waals surface area contributed by atoms with Crippen LogP contribution in [0.1, 0.15) is 35.0 Å². The molecule has 1 aromatic heterocycles. The predicted octanol–water partition coefficient (Wildman–Crippen LogP) is 5.21. The molecule has 1 aliphatic rings. The summed E-state index contributed by atoms with van der Waals surface area (Å²) in [5.74, 6) is 0.342. The first kappa shape index (κ1) is 19.6. The number of sulfonamides is 1. The molecule has 0 bridgehead atoms. The minimum absolute atomic E-state index is 0.0823. The molecule has 1 heterocycles. The van der Waals surface area contributed by atoms with Crippen LogP contribution < -0.4 is 4.72 Å². The highest BCUT2D eigenvalue weighted by atomic mass is 32.2. The first-order valence-corrected chi connectivity index (χ1v) is 11.6. The van der Waals surface area contributed by atoms with Crippen LogP contribution in [0.5, 0.6) is 0 Å². The van der Waals surface area contributed by atoms with Crippen molar-refractivity contribution < 1.29 is 22.7 Å². The van der Waals surface area contributed by atoms with Gasteiger partial charge in [-0.05, 0) is 43.0 Å². The molecule has 1 unspecified atom stereocenters. The molecule has 0 amide bonds. The number of hydrogen-bond acceptors (Lipinski definition) is 4. The van der Waals surface area contributed by atoms with Crippen LogP contribution in [0.2, 0.25) is 0 Å². The number of hydrogen-bond donors (Lipinski definition) is 2. The van der Waals surface area contributed by atoms with Crippen molar-refractivity contribution >= 4 is 43.4 Å². The maximum Gasteiger partial charge on any atom is 0.335 e. The second kappa shape index (κ2) is 7.13. The summed E-state index contributed by atoms with van der Waals surface area (Å²) < 4.78 is 35.1. The molecule has 1 aliphatic carbocycles. The van der Waals surface area contributed by atoms with Crippen LogP contribution in [0.15, 0.2) is 63.9 Å². The zero-order valence-corrected chi connectivity index (χ0v) is 17.7. The Kier molecular flexibility index (Phi) is 4.51. The summed E-state index contributed by atoms with van der Waals surface area (Å²) in [5, 5.41) is 11.7. The van der Waals surface area contributed by atoms with Crippen LogP contribution in [0.25, 0.3) is 21.7 Å². The van der Waals surface area contributed by atoms with Crippen LogP contribution in [0, 0.1) is 5.92 Å². The van der Waals surface area contributed by atoms with Gasteiger partial charge in [-0.15, -0.1) is 0 Å². The number of carbonyl (C=O) groups is 1. The van der Waals surface area contributed by atoms with Crippen LogP contribution in [0.3, 0.4) is 0 Å². The molecule has 158 valence electrons. The van der Waals surface area contributed by atoms with E-state index in [1.165, 1.54) is 18.2 Å². The minimum Gasteiger partial charge on any atom is -0.478 e. The Bertz CT molecular complexity index is 1450. The third-order valence-corrected chi connectivity index (χ3v) is 7.30. The number of anilines is 1. The van der Waals surface area contributed by atoms with Crippen LogP contribution in [-0.4, -0.2) is 19.5 Å². The van der Waals surface area contributed by atoms with Gasteiger partial charge in [0.25, 0.3) is 10.0 Å². The van der Waals surface area contributed by atoms with Crippen molar-refractivity contribution in [2.75, 3.05) is 4.72 Å². The molecule has 6 nitrogen and oxygen atoms in total. The topological polar surface area (TPSA) is 96.6 Å². The average molecular weight is 436 g/mol. The summed E-state index contributed by atoms with van der Waals surface area (Å²) in [6.45, 7) is 2.21. The average Bonchev–Trinajstić information content (AvgIpc) is 3.12. The first-order chi connectivity index (χ1) is 14.8. The summed E-state index contributed by atoms with van der Waals surface area (Å²) in [7, 11) is -3.99. The normalized spacial score (nSPS) is 16.4. The lowest BCUT2D eigenvalue weighted by molar-refractivity contribution is 0.0696. The van der Waals surface area contributed by atoms with E-state index in [1.807, 2.05) is 30.3 Å². The van der Waals surface area contributed by atoms with Crippen LogP contribution in [0.4, 0.5) is 5.69 Å². The highest BCUT2D eigenvalue weighted by Gasteiger charge is 2.25. The van der Waals surface area contributed by atoms with Crippen molar-refractivity contribution in [1.29, 1.82) is 0 Å². The van der Waals surface area contributed by atoms with E-state index in [1.54, 1.807) is 0 Å². The van der Waals surface area contributed by atoms with E-state index < -0.39 is 16.0 Å². The molecule has 0 saturated carbocycles. The second-order valence-electron chi connectivity index (χ2n) is 8.14. The number of nitrogens with one attached hydrogen (secondary N) is 1. The molecule has 7 heteroatoms. The third kappa shape index (κ3) is 3.35. The van der Waals surface area contributed by atoms with Crippen molar-refractivity contribution in [2.24, 2.45) is 5.92 Å². The van der Waals surface area contributed by atoms with Crippen LogP contribution >= 0.6 is 0 Å². The van der Waals surface area contributed by atoms with Gasteiger partial charge >= 0.3 is 5.97 Å². The van der Waals surface area contributed by atoms with Crippen LogP contribution in [-0.2, 0) is 22.9 Å². The number of furan rings is 1. The summed E-state index contributed by atoms with van der Waals surface area (Å²) in [6, 6.07) is 14.7. The Hall–Kier alpha value is -3.32. The molecule has 0 aliphatic heterocycles. The molecule has 2 N–H and O–H groups in total. The van der Waals surface area contributed by atoms with Gasteiger partial charge in [0.15, 0.2) is 0 Å². The second-order valence-corrected chi connectivity index (χ2v) is 9.82. The molecule has 0 radical (unpaired) electrons. The van der Waals surface area contributed by atoms with E-state index in [9.17, 15) is 18.3 Å². The zero-order valence-electron chi connectivity index (χ0n) is 16.9. The van der Waals surface area contributed by atoms with Gasteiger partial charge in [0.1, 0.15) is 11.3 Å². The zero-order chi connectivity index (χ0) is 21.8. The smallest absolute Gasteiger partial charge is 0.335 e. The standard InChI is InChI=1S/C24H21NO5S/c1-14-9-10-22-19(11-14)20-13-21(17-7-2-3-8-18(17)23(20)30-22)25-31(28,29)16-6-4-5-15(12-16)24(26)27/h2-8,12-14,25H,9-11H2,1H3,(H,26,27). The maximum atomic E-state index is 13.1. The molecule has 0 saturated heterocycles. The molecular formula is C24H21NO5S. The molecule has 5 rings (SSSR count). The lowest BCUT2D eigenvalue weighted by atomic mass is 9.87. The Morgan fingerprint density at radius 2 is 1.84 bits per heavy atom. The quantitative estimate of drug-likeness (QED) is 0.459. The Morgan fingerprint density at radius 1 is 1.06 bits per heavy atom. The molecule has 31 heavy (non-hydrogen) atoms. The maximum absolute atomic E-state index is 13.1. The van der Waals surface area contributed by atoms with Gasteiger partial charge in [0.2, 0.25) is 0 Å². The van der Waals surface area contributed by atoms with E-state index >= 15 is 0 Å². The predicted molar refractivity (Wildman–Crippen MR) is 119 cm³/mol. The lowest BCUT2D eigenvalue weighted by Crippen LogP contribution is -2.14. The summed E-state index contributed by atoms with van der Waals surface area (Å²) in [4.78, 5) is 11.2. The SMILES string of the molecule is CC1CCc2oc3c(cc(NS(=O)(=O)c4cccc(C(=O)O)c4)c4ccccc43)c2C1. The van der Waals surface area contributed by atoms with E-state index in [-0.39, 0.29) is 10.5 Å². The highest BCUT2D eigenvalue weighted by Crippen LogP contribution is 2.40. The summed E-state index contributed by atoms with van der Waals surface area (Å²) >= 11 is 0. The van der Waals surface area contributed by atoms with E-state index in [4.69, 9.17) is 4.42 Å². The molecule has 3 aromatic carbocycles. The van der Waals surface area contributed by atoms with Crippen molar-refractivity contribution in [3.63, 3.8) is 0 Å². The van der Waals surface area contributed by atoms with Crippen molar-refractivity contribution in [1.82, 2.24) is 0 Å². The fraction of sp³-hybridized carbons (Fsp3) is 0.208. The molecule has 4 aromatic rings. The Labute approximate surface area is 179 Å². The van der Waals surface area contributed by atoms with Crippen molar-refractivity contribution in [3.8, 4) is 0 Å².